The molecule has 0 aliphatic carbocycles. The van der Waals surface area contributed by atoms with Crippen molar-refractivity contribution in [2.75, 3.05) is 17.9 Å². The van der Waals surface area contributed by atoms with Gasteiger partial charge >= 0.3 is 0 Å². The first-order valence-electron chi connectivity index (χ1n) is 11.0. The second-order valence-corrected chi connectivity index (χ2v) is 9.05. The van der Waals surface area contributed by atoms with Crippen molar-refractivity contribution in [1.82, 2.24) is 14.9 Å². The Morgan fingerprint density at radius 1 is 1.06 bits per heavy atom. The molecule has 2 aromatic carbocycles. The number of amides is 2. The van der Waals surface area contributed by atoms with Gasteiger partial charge in [0.05, 0.1) is 5.75 Å². The molecule has 2 amide bonds. The Morgan fingerprint density at radius 3 is 2.46 bits per heavy atom. The first-order valence-corrected chi connectivity index (χ1v) is 12.0. The molecule has 3 aromatic rings. The van der Waals surface area contributed by atoms with Crippen LogP contribution in [0, 0.1) is 19.7 Å². The average Bonchev–Trinajstić information content (AvgIpc) is 3.29. The normalized spacial score (nSPS) is 12.8. The summed E-state index contributed by atoms with van der Waals surface area (Å²) in [5.41, 5.74) is 2.85. The fourth-order valence-electron chi connectivity index (χ4n) is 3.56. The van der Waals surface area contributed by atoms with Crippen LogP contribution in [0.1, 0.15) is 23.9 Å². The number of carbonyl (C=O) groups is 2. The van der Waals surface area contributed by atoms with Crippen LogP contribution < -0.4 is 14.8 Å². The van der Waals surface area contributed by atoms with Crippen molar-refractivity contribution in [3.63, 3.8) is 0 Å². The van der Waals surface area contributed by atoms with E-state index in [0.717, 1.165) is 11.4 Å². The Labute approximate surface area is 206 Å². The van der Waals surface area contributed by atoms with Gasteiger partial charge in [-0.25, -0.2) is 14.4 Å². The highest BCUT2D eigenvalue weighted by atomic mass is 32.2. The minimum Gasteiger partial charge on any atom is -0.454 e. The van der Waals surface area contributed by atoms with Crippen LogP contribution in [0.15, 0.2) is 53.7 Å². The van der Waals surface area contributed by atoms with Crippen molar-refractivity contribution in [2.24, 2.45) is 0 Å². The molecule has 2 heterocycles. The zero-order valence-corrected chi connectivity index (χ0v) is 20.4. The molecule has 1 aliphatic rings. The molecule has 0 bridgehead atoms. The lowest BCUT2D eigenvalue weighted by Crippen LogP contribution is -2.46. The van der Waals surface area contributed by atoms with Gasteiger partial charge < -0.3 is 19.7 Å². The van der Waals surface area contributed by atoms with E-state index in [4.69, 9.17) is 9.47 Å². The zero-order valence-electron chi connectivity index (χ0n) is 19.6. The molecule has 0 saturated heterocycles. The number of nitrogens with one attached hydrogen (secondary N) is 1. The van der Waals surface area contributed by atoms with Gasteiger partial charge in [-0.05, 0) is 56.7 Å². The van der Waals surface area contributed by atoms with Crippen LogP contribution in [0.3, 0.4) is 0 Å². The molecule has 10 heteroatoms. The van der Waals surface area contributed by atoms with Gasteiger partial charge in [-0.1, -0.05) is 23.9 Å². The summed E-state index contributed by atoms with van der Waals surface area (Å²) in [5, 5.41) is 3.33. The fourth-order valence-corrected chi connectivity index (χ4v) is 4.39. The number of thioether (sulfide) groups is 1. The number of anilines is 1. The largest absolute Gasteiger partial charge is 0.454 e. The summed E-state index contributed by atoms with van der Waals surface area (Å²) in [6, 6.07) is 12.0. The van der Waals surface area contributed by atoms with E-state index in [1.54, 1.807) is 37.3 Å². The van der Waals surface area contributed by atoms with Crippen LogP contribution in [0.2, 0.25) is 0 Å². The van der Waals surface area contributed by atoms with Gasteiger partial charge in [0.1, 0.15) is 11.9 Å². The number of aryl methyl sites for hydroxylation is 2. The monoisotopic (exact) mass is 496 g/mol. The molecule has 1 N–H and O–H groups in total. The molecule has 0 radical (unpaired) electrons. The molecular weight excluding hydrogens is 471 g/mol. The third-order valence-corrected chi connectivity index (χ3v) is 6.19. The molecule has 4 rings (SSSR count). The SMILES string of the molecule is Cc1cc(C)nc(SCC(=O)N(Cc2ccc(F)cc2)C(C)C(=O)Nc2ccc3c(c2)OCO3)n1. The third-order valence-electron chi connectivity index (χ3n) is 5.36. The van der Waals surface area contributed by atoms with Gasteiger partial charge in [-0.2, -0.15) is 0 Å². The van der Waals surface area contributed by atoms with E-state index in [2.05, 4.69) is 15.3 Å². The molecule has 0 fully saturated rings. The quantitative estimate of drug-likeness (QED) is 0.371. The predicted molar refractivity (Wildman–Crippen MR) is 130 cm³/mol. The van der Waals surface area contributed by atoms with Crippen LogP contribution in [0.25, 0.3) is 0 Å². The van der Waals surface area contributed by atoms with Gasteiger partial charge in [0.2, 0.25) is 18.6 Å². The highest BCUT2D eigenvalue weighted by Crippen LogP contribution is 2.34. The Balaban J connectivity index is 1.49. The zero-order chi connectivity index (χ0) is 24.9. The minimum atomic E-state index is -0.807. The Morgan fingerprint density at radius 2 is 1.74 bits per heavy atom. The second-order valence-electron chi connectivity index (χ2n) is 8.10. The molecule has 1 aromatic heterocycles. The standard InChI is InChI=1S/C25H25FN4O4S/c1-15-10-16(2)28-25(27-15)35-13-23(31)30(12-18-4-6-19(26)7-5-18)17(3)24(32)29-20-8-9-21-22(11-20)34-14-33-21/h4-11,17H,12-14H2,1-3H3,(H,29,32). The smallest absolute Gasteiger partial charge is 0.246 e. The highest BCUT2D eigenvalue weighted by Gasteiger charge is 2.27. The summed E-state index contributed by atoms with van der Waals surface area (Å²) in [5.74, 6) is 0.186. The van der Waals surface area contributed by atoms with Gasteiger partial charge in [-0.3, -0.25) is 9.59 Å². The molecule has 0 saturated carbocycles. The van der Waals surface area contributed by atoms with Crippen molar-refractivity contribution in [3.05, 3.63) is 71.3 Å². The number of hydrogen-bond acceptors (Lipinski definition) is 7. The molecule has 1 aliphatic heterocycles. The molecular formula is C25H25FN4O4S. The van der Waals surface area contributed by atoms with E-state index in [1.807, 2.05) is 19.9 Å². The van der Waals surface area contributed by atoms with Gasteiger partial charge in [0.25, 0.3) is 0 Å². The molecule has 35 heavy (non-hydrogen) atoms. The second kappa shape index (κ2) is 10.7. The van der Waals surface area contributed by atoms with E-state index in [1.165, 1.54) is 28.8 Å². The number of carbonyl (C=O) groups excluding carboxylic acids is 2. The van der Waals surface area contributed by atoms with Crippen LogP contribution in [-0.2, 0) is 16.1 Å². The van der Waals surface area contributed by atoms with Gasteiger partial charge in [-0.15, -0.1) is 0 Å². The molecule has 1 atom stereocenters. The lowest BCUT2D eigenvalue weighted by Gasteiger charge is -2.28. The van der Waals surface area contributed by atoms with E-state index in [0.29, 0.717) is 27.9 Å². The van der Waals surface area contributed by atoms with Crippen LogP contribution >= 0.6 is 11.8 Å². The number of halogens is 1. The van der Waals surface area contributed by atoms with Crippen molar-refractivity contribution < 1.29 is 23.5 Å². The Bertz CT molecular complexity index is 1220. The number of rotatable bonds is 8. The fraction of sp³-hybridized carbons (Fsp3) is 0.280. The first kappa shape index (κ1) is 24.5. The maximum absolute atomic E-state index is 13.4. The Hall–Kier alpha value is -3.66. The minimum absolute atomic E-state index is 0.0474. The van der Waals surface area contributed by atoms with Gasteiger partial charge in [0, 0.05) is 29.7 Å². The number of hydrogen-bond donors (Lipinski definition) is 1. The van der Waals surface area contributed by atoms with Gasteiger partial charge in [0.15, 0.2) is 16.7 Å². The molecule has 0 spiro atoms. The lowest BCUT2D eigenvalue weighted by atomic mass is 10.1. The Kier molecular flexibility index (Phi) is 7.50. The molecule has 1 unspecified atom stereocenters. The first-order chi connectivity index (χ1) is 16.8. The number of nitrogens with zero attached hydrogens (tertiary/aromatic N) is 3. The maximum atomic E-state index is 13.4. The van der Waals surface area contributed by atoms with Crippen LogP contribution in [-0.4, -0.2) is 45.3 Å². The van der Waals surface area contributed by atoms with E-state index in [-0.39, 0.29) is 36.7 Å². The van der Waals surface area contributed by atoms with Crippen LogP contribution in [0.5, 0.6) is 11.5 Å². The average molecular weight is 497 g/mol. The summed E-state index contributed by atoms with van der Waals surface area (Å²) in [4.78, 5) is 36.6. The summed E-state index contributed by atoms with van der Waals surface area (Å²) in [6.45, 7) is 5.66. The number of fused-ring (bicyclic) bond motifs is 1. The molecule has 8 nitrogen and oxygen atoms in total. The number of benzene rings is 2. The summed E-state index contributed by atoms with van der Waals surface area (Å²) in [7, 11) is 0. The lowest BCUT2D eigenvalue weighted by molar-refractivity contribution is -0.136. The van der Waals surface area contributed by atoms with E-state index < -0.39 is 6.04 Å². The highest BCUT2D eigenvalue weighted by molar-refractivity contribution is 7.99. The van der Waals surface area contributed by atoms with Crippen molar-refractivity contribution >= 4 is 29.3 Å². The number of ether oxygens (including phenoxy) is 2. The van der Waals surface area contributed by atoms with E-state index in [9.17, 15) is 14.0 Å². The number of aromatic nitrogens is 2. The van der Waals surface area contributed by atoms with E-state index >= 15 is 0 Å². The van der Waals surface area contributed by atoms with Crippen molar-refractivity contribution in [1.29, 1.82) is 0 Å². The van der Waals surface area contributed by atoms with Crippen molar-refractivity contribution in [3.8, 4) is 11.5 Å². The van der Waals surface area contributed by atoms with Crippen LogP contribution in [0.4, 0.5) is 10.1 Å². The molecule has 182 valence electrons. The topological polar surface area (TPSA) is 93.7 Å². The third kappa shape index (κ3) is 6.27. The summed E-state index contributed by atoms with van der Waals surface area (Å²) < 4.78 is 24.1. The van der Waals surface area contributed by atoms with Crippen molar-refractivity contribution in [2.45, 2.75) is 38.5 Å². The maximum Gasteiger partial charge on any atom is 0.246 e. The summed E-state index contributed by atoms with van der Waals surface area (Å²) >= 11 is 1.21. The predicted octanol–water partition coefficient (Wildman–Crippen LogP) is 4.11. The summed E-state index contributed by atoms with van der Waals surface area (Å²) in [6.07, 6.45) is 0.